The van der Waals surface area contributed by atoms with Crippen molar-refractivity contribution in [1.29, 1.82) is 0 Å². The number of likely N-dealkylation sites (tertiary alicyclic amines) is 1. The predicted octanol–water partition coefficient (Wildman–Crippen LogP) is 2.65. The first-order chi connectivity index (χ1) is 16.1. The molecule has 1 N–H and O–H groups in total. The molecule has 5 rings (SSSR count). The molecule has 0 bridgehead atoms. The molecule has 2 aromatic rings. The molecule has 10 heteroatoms. The molecule has 1 aromatic carbocycles. The maximum absolute atomic E-state index is 12.8. The van der Waals surface area contributed by atoms with Crippen molar-refractivity contribution in [1.82, 2.24) is 14.8 Å². The van der Waals surface area contributed by atoms with E-state index in [4.69, 9.17) is 9.47 Å². The number of piperidine rings is 1. The molecule has 0 saturated carbocycles. The molecule has 8 nitrogen and oxygen atoms in total. The van der Waals surface area contributed by atoms with Gasteiger partial charge in [0.15, 0.2) is 16.6 Å². The Morgan fingerprint density at radius 2 is 1.91 bits per heavy atom. The van der Waals surface area contributed by atoms with Crippen molar-refractivity contribution in [2.24, 2.45) is 0 Å². The highest BCUT2D eigenvalue weighted by Gasteiger charge is 2.29. The summed E-state index contributed by atoms with van der Waals surface area (Å²) in [6.45, 7) is 5.07. The first-order valence-electron chi connectivity index (χ1n) is 11.5. The lowest BCUT2D eigenvalue weighted by molar-refractivity contribution is 0.0550. The Hall–Kier alpha value is -2.01. The largest absolute Gasteiger partial charge is 0.454 e. The smallest absolute Gasteiger partial charge is 0.265 e. The standard InChI is InChI=1S/C23H30N4O4S2/c28-17-3-6-26(7-4-17)22(29)21-14-24-23(33-21)27-10-8-25(9-11-27)18(5-12-32)16-1-2-19-20(13-16)31-15-30-19/h1-2,13-14,17-18,28,32H,3-12,15H2. The number of amides is 1. The van der Waals surface area contributed by atoms with Crippen LogP contribution in [0.2, 0.25) is 0 Å². The molecule has 33 heavy (non-hydrogen) atoms. The van der Waals surface area contributed by atoms with Crippen molar-refractivity contribution in [3.8, 4) is 11.5 Å². The topological polar surface area (TPSA) is 78.4 Å². The Morgan fingerprint density at radius 1 is 1.15 bits per heavy atom. The van der Waals surface area contributed by atoms with E-state index < -0.39 is 0 Å². The molecule has 178 valence electrons. The van der Waals surface area contributed by atoms with Crippen LogP contribution in [-0.4, -0.2) is 83.7 Å². The molecular weight excluding hydrogens is 460 g/mol. The van der Waals surface area contributed by atoms with E-state index in [0.717, 1.165) is 55.0 Å². The molecule has 0 spiro atoms. The van der Waals surface area contributed by atoms with Crippen LogP contribution in [0.1, 0.15) is 40.5 Å². The lowest BCUT2D eigenvalue weighted by Gasteiger charge is -2.39. The molecular formula is C23H30N4O4S2. The SMILES string of the molecule is O=C(c1cnc(N2CCN(C(CCS)c3ccc4c(c3)OCO4)CC2)s1)N1CCC(O)CC1. The van der Waals surface area contributed by atoms with Gasteiger partial charge >= 0.3 is 0 Å². The highest BCUT2D eigenvalue weighted by Crippen LogP contribution is 2.37. The molecule has 3 aliphatic heterocycles. The van der Waals surface area contributed by atoms with E-state index in [1.54, 1.807) is 6.20 Å². The van der Waals surface area contributed by atoms with Gasteiger partial charge in [-0.3, -0.25) is 9.69 Å². The van der Waals surface area contributed by atoms with E-state index in [1.807, 2.05) is 11.0 Å². The molecule has 2 saturated heterocycles. The van der Waals surface area contributed by atoms with Crippen LogP contribution in [0.3, 0.4) is 0 Å². The summed E-state index contributed by atoms with van der Waals surface area (Å²) >= 11 is 5.98. The van der Waals surface area contributed by atoms with Crippen LogP contribution in [0.5, 0.6) is 11.5 Å². The lowest BCUT2D eigenvalue weighted by Crippen LogP contribution is -2.47. The minimum atomic E-state index is -0.286. The Bertz CT molecular complexity index is 971. The summed E-state index contributed by atoms with van der Waals surface area (Å²) in [6.07, 6.45) is 3.68. The molecule has 0 aliphatic carbocycles. The highest BCUT2D eigenvalue weighted by atomic mass is 32.1. The summed E-state index contributed by atoms with van der Waals surface area (Å²) < 4.78 is 11.0. The van der Waals surface area contributed by atoms with E-state index in [-0.39, 0.29) is 24.8 Å². The Morgan fingerprint density at radius 3 is 2.67 bits per heavy atom. The number of piperazine rings is 1. The van der Waals surface area contributed by atoms with Gasteiger partial charge in [-0.15, -0.1) is 0 Å². The fourth-order valence-corrected chi connectivity index (χ4v) is 5.94. The fraction of sp³-hybridized carbons (Fsp3) is 0.565. The zero-order valence-corrected chi connectivity index (χ0v) is 20.3. The van der Waals surface area contributed by atoms with Gasteiger partial charge in [-0.2, -0.15) is 12.6 Å². The maximum atomic E-state index is 12.8. The number of aliphatic hydroxyl groups is 1. The zero-order valence-electron chi connectivity index (χ0n) is 18.6. The molecule has 1 amide bonds. The molecule has 0 radical (unpaired) electrons. The van der Waals surface area contributed by atoms with E-state index >= 15 is 0 Å². The van der Waals surface area contributed by atoms with Crippen LogP contribution in [0, 0.1) is 0 Å². The average molecular weight is 491 g/mol. The third-order valence-electron chi connectivity index (χ3n) is 6.67. The molecule has 2 fully saturated rings. The van der Waals surface area contributed by atoms with Crippen LogP contribution in [0.25, 0.3) is 0 Å². The van der Waals surface area contributed by atoms with Crippen LogP contribution >= 0.6 is 24.0 Å². The lowest BCUT2D eigenvalue weighted by atomic mass is 10.0. The Labute approximate surface area is 203 Å². The van der Waals surface area contributed by atoms with Crippen molar-refractivity contribution in [3.05, 3.63) is 34.8 Å². The van der Waals surface area contributed by atoms with Gasteiger partial charge < -0.3 is 24.4 Å². The zero-order chi connectivity index (χ0) is 22.8. The monoisotopic (exact) mass is 490 g/mol. The van der Waals surface area contributed by atoms with E-state index in [1.165, 1.54) is 16.9 Å². The summed E-state index contributed by atoms with van der Waals surface area (Å²) in [7, 11) is 0. The van der Waals surface area contributed by atoms with E-state index in [9.17, 15) is 9.90 Å². The average Bonchev–Trinajstić information content (AvgIpc) is 3.52. The summed E-state index contributed by atoms with van der Waals surface area (Å²) in [4.78, 5) is 24.7. The van der Waals surface area contributed by atoms with E-state index in [0.29, 0.717) is 30.8 Å². The number of carbonyl (C=O) groups is 1. The van der Waals surface area contributed by atoms with E-state index in [2.05, 4.69) is 39.5 Å². The van der Waals surface area contributed by atoms with Gasteiger partial charge in [0.05, 0.1) is 12.3 Å². The van der Waals surface area contributed by atoms with Gasteiger partial charge in [0.25, 0.3) is 5.91 Å². The summed E-state index contributed by atoms with van der Waals surface area (Å²) in [5.74, 6) is 2.47. The van der Waals surface area contributed by atoms with Gasteiger partial charge in [0.2, 0.25) is 6.79 Å². The number of rotatable bonds is 6. The number of fused-ring (bicyclic) bond motifs is 1. The van der Waals surface area contributed by atoms with Crippen molar-refractivity contribution in [2.45, 2.75) is 31.4 Å². The van der Waals surface area contributed by atoms with Gasteiger partial charge in [-0.05, 0) is 42.7 Å². The second kappa shape index (κ2) is 10.1. The first kappa shape index (κ1) is 22.8. The minimum absolute atomic E-state index is 0.0286. The van der Waals surface area contributed by atoms with Crippen molar-refractivity contribution in [2.75, 3.05) is 56.7 Å². The first-order valence-corrected chi connectivity index (χ1v) is 13.0. The van der Waals surface area contributed by atoms with Gasteiger partial charge in [0.1, 0.15) is 4.88 Å². The van der Waals surface area contributed by atoms with Crippen molar-refractivity contribution in [3.63, 3.8) is 0 Å². The molecule has 1 atom stereocenters. The normalized spacial score (nSPS) is 20.3. The number of benzene rings is 1. The quantitative estimate of drug-likeness (QED) is 0.603. The third-order valence-corrected chi connectivity index (χ3v) is 7.97. The number of thiazole rings is 1. The number of nitrogens with zero attached hydrogens (tertiary/aromatic N) is 4. The Kier molecular flexibility index (Phi) is 6.96. The summed E-state index contributed by atoms with van der Waals surface area (Å²) in [5, 5.41) is 10.6. The minimum Gasteiger partial charge on any atom is -0.454 e. The number of thiol groups is 1. The maximum Gasteiger partial charge on any atom is 0.265 e. The highest BCUT2D eigenvalue weighted by molar-refractivity contribution is 7.80. The second-order valence-electron chi connectivity index (χ2n) is 8.69. The number of carbonyl (C=O) groups excluding carboxylic acids is 1. The number of anilines is 1. The molecule has 4 heterocycles. The van der Waals surface area contributed by atoms with Gasteiger partial charge in [-0.25, -0.2) is 4.98 Å². The van der Waals surface area contributed by atoms with Crippen LogP contribution in [0.15, 0.2) is 24.4 Å². The van der Waals surface area contributed by atoms with Gasteiger partial charge in [-0.1, -0.05) is 17.4 Å². The number of hydrogen-bond donors (Lipinski definition) is 2. The molecule has 1 unspecified atom stereocenters. The Balaban J connectivity index is 1.21. The number of aliphatic hydroxyl groups excluding tert-OH is 1. The van der Waals surface area contributed by atoms with Gasteiger partial charge in [0, 0.05) is 45.3 Å². The fourth-order valence-electron chi connectivity index (χ4n) is 4.76. The predicted molar refractivity (Wildman–Crippen MR) is 131 cm³/mol. The third kappa shape index (κ3) is 4.94. The van der Waals surface area contributed by atoms with Crippen LogP contribution < -0.4 is 14.4 Å². The summed E-state index contributed by atoms with van der Waals surface area (Å²) in [5.41, 5.74) is 1.23. The van der Waals surface area contributed by atoms with Crippen molar-refractivity contribution < 1.29 is 19.4 Å². The summed E-state index contributed by atoms with van der Waals surface area (Å²) in [6, 6.07) is 6.51. The van der Waals surface area contributed by atoms with Crippen molar-refractivity contribution >= 4 is 35.0 Å². The number of aromatic nitrogens is 1. The van der Waals surface area contributed by atoms with Crippen LogP contribution in [-0.2, 0) is 0 Å². The van der Waals surface area contributed by atoms with Crippen LogP contribution in [0.4, 0.5) is 5.13 Å². The molecule has 3 aliphatic rings. The second-order valence-corrected chi connectivity index (χ2v) is 10.2. The molecule has 1 aromatic heterocycles. The number of ether oxygens (including phenoxy) is 2. The number of hydrogen-bond acceptors (Lipinski definition) is 9.